The molecular formula is C17H32O3. The monoisotopic (exact) mass is 284 g/mol. The van der Waals surface area contributed by atoms with Crippen molar-refractivity contribution in [3.63, 3.8) is 0 Å². The van der Waals surface area contributed by atoms with Crippen LogP contribution in [0.3, 0.4) is 0 Å². The van der Waals surface area contributed by atoms with Gasteiger partial charge in [0, 0.05) is 6.61 Å². The summed E-state index contributed by atoms with van der Waals surface area (Å²) < 4.78 is 11.1. The topological polar surface area (TPSA) is 38.7 Å². The number of aliphatic hydroxyl groups is 1. The quantitative estimate of drug-likeness (QED) is 0.415. The lowest BCUT2D eigenvalue weighted by Gasteiger charge is -2.38. The van der Waals surface area contributed by atoms with Gasteiger partial charge in [0.25, 0.3) is 0 Å². The van der Waals surface area contributed by atoms with Gasteiger partial charge in [-0.25, -0.2) is 0 Å². The highest BCUT2D eigenvalue weighted by atomic mass is 16.7. The van der Waals surface area contributed by atoms with Crippen molar-refractivity contribution in [2.75, 3.05) is 13.2 Å². The number of rotatable bonds is 8. The van der Waals surface area contributed by atoms with Gasteiger partial charge in [-0.2, -0.15) is 0 Å². The van der Waals surface area contributed by atoms with E-state index in [1.807, 2.05) is 19.1 Å². The molecule has 0 aliphatic heterocycles. The molecular weight excluding hydrogens is 252 g/mol. The zero-order chi connectivity index (χ0) is 15.1. The molecule has 1 atom stereocenters. The van der Waals surface area contributed by atoms with E-state index < -0.39 is 5.60 Å². The molecule has 1 N–H and O–H groups in total. The average Bonchev–Trinajstić information content (AvgIpc) is 2.39. The number of ether oxygens (including phenoxy) is 2. The summed E-state index contributed by atoms with van der Waals surface area (Å²) in [7, 11) is 0. The summed E-state index contributed by atoms with van der Waals surface area (Å²) in [6.45, 7) is 9.86. The van der Waals surface area contributed by atoms with Crippen LogP contribution in [-0.4, -0.2) is 30.2 Å². The van der Waals surface area contributed by atoms with Gasteiger partial charge in [-0.1, -0.05) is 39.3 Å². The highest BCUT2D eigenvalue weighted by molar-refractivity contribution is 5.04. The van der Waals surface area contributed by atoms with Gasteiger partial charge in [-0.3, -0.25) is 0 Å². The minimum absolute atomic E-state index is 0.175. The van der Waals surface area contributed by atoms with E-state index in [-0.39, 0.29) is 6.29 Å². The van der Waals surface area contributed by atoms with Gasteiger partial charge in [0.05, 0.1) is 12.2 Å². The van der Waals surface area contributed by atoms with Crippen molar-refractivity contribution in [3.8, 4) is 0 Å². The van der Waals surface area contributed by atoms with Crippen molar-refractivity contribution in [2.24, 2.45) is 5.41 Å². The smallest absolute Gasteiger partial charge is 0.155 e. The third-order valence-corrected chi connectivity index (χ3v) is 4.18. The maximum Gasteiger partial charge on any atom is 0.155 e. The van der Waals surface area contributed by atoms with Crippen LogP contribution in [0.25, 0.3) is 0 Å². The Morgan fingerprint density at radius 2 is 1.80 bits per heavy atom. The van der Waals surface area contributed by atoms with E-state index in [0.717, 1.165) is 45.1 Å². The second kappa shape index (κ2) is 8.16. The first-order valence-corrected chi connectivity index (χ1v) is 8.00. The molecule has 0 saturated heterocycles. The Hall–Kier alpha value is -0.380. The first-order valence-electron chi connectivity index (χ1n) is 8.00. The van der Waals surface area contributed by atoms with E-state index >= 15 is 0 Å². The third kappa shape index (κ3) is 6.87. The summed E-state index contributed by atoms with van der Waals surface area (Å²) in [6.07, 6.45) is 9.72. The molecule has 1 aliphatic carbocycles. The molecule has 1 saturated carbocycles. The summed E-state index contributed by atoms with van der Waals surface area (Å²) in [5, 5.41) is 10.5. The average molecular weight is 284 g/mol. The molecule has 1 fully saturated rings. The van der Waals surface area contributed by atoms with Crippen molar-refractivity contribution in [3.05, 3.63) is 12.2 Å². The molecule has 0 amide bonds. The van der Waals surface area contributed by atoms with Crippen LogP contribution in [0.5, 0.6) is 0 Å². The molecule has 0 aromatic rings. The summed E-state index contributed by atoms with van der Waals surface area (Å²) in [4.78, 5) is 0. The highest BCUT2D eigenvalue weighted by Crippen LogP contribution is 2.40. The SMILES string of the molecule is CCCCOC(C)OCC=CC1(O)CCC(C)(C)CC1. The van der Waals surface area contributed by atoms with Gasteiger partial charge < -0.3 is 14.6 Å². The molecule has 1 rings (SSSR count). The van der Waals surface area contributed by atoms with Crippen LogP contribution in [-0.2, 0) is 9.47 Å². The fourth-order valence-corrected chi connectivity index (χ4v) is 2.43. The molecule has 3 heteroatoms. The van der Waals surface area contributed by atoms with Gasteiger partial charge in [-0.15, -0.1) is 0 Å². The Kier molecular flexibility index (Phi) is 7.21. The van der Waals surface area contributed by atoms with Crippen molar-refractivity contribution in [1.82, 2.24) is 0 Å². The van der Waals surface area contributed by atoms with Crippen LogP contribution in [0.15, 0.2) is 12.2 Å². The predicted molar refractivity (Wildman–Crippen MR) is 82.6 cm³/mol. The Morgan fingerprint density at radius 3 is 2.40 bits per heavy atom. The molecule has 0 bridgehead atoms. The van der Waals surface area contributed by atoms with Crippen molar-refractivity contribution < 1.29 is 14.6 Å². The molecule has 1 unspecified atom stereocenters. The van der Waals surface area contributed by atoms with Crippen LogP contribution in [0.2, 0.25) is 0 Å². The fourth-order valence-electron chi connectivity index (χ4n) is 2.43. The van der Waals surface area contributed by atoms with Crippen LogP contribution in [0, 0.1) is 5.41 Å². The minimum atomic E-state index is -0.634. The maximum absolute atomic E-state index is 10.5. The van der Waals surface area contributed by atoms with E-state index in [4.69, 9.17) is 9.47 Å². The number of unbranched alkanes of at least 4 members (excludes halogenated alkanes) is 1. The first kappa shape index (κ1) is 17.7. The number of hydrogen-bond donors (Lipinski definition) is 1. The molecule has 118 valence electrons. The molecule has 0 aromatic carbocycles. The Morgan fingerprint density at radius 1 is 1.15 bits per heavy atom. The molecule has 1 aliphatic rings. The van der Waals surface area contributed by atoms with Gasteiger partial charge in [-0.05, 0) is 44.4 Å². The second-order valence-corrected chi connectivity index (χ2v) is 6.80. The van der Waals surface area contributed by atoms with E-state index in [1.54, 1.807) is 0 Å². The largest absolute Gasteiger partial charge is 0.386 e. The standard InChI is InChI=1S/C17H32O3/c1-5-6-13-19-15(2)20-14-7-8-17(18)11-9-16(3,4)10-12-17/h7-8,15,18H,5-6,9-14H2,1-4H3. The van der Waals surface area contributed by atoms with Crippen LogP contribution < -0.4 is 0 Å². The predicted octanol–water partition coefficient (Wildman–Crippen LogP) is 4.05. The second-order valence-electron chi connectivity index (χ2n) is 6.80. The van der Waals surface area contributed by atoms with Crippen LogP contribution >= 0.6 is 0 Å². The van der Waals surface area contributed by atoms with E-state index in [0.29, 0.717) is 12.0 Å². The lowest BCUT2D eigenvalue weighted by Crippen LogP contribution is -2.35. The zero-order valence-electron chi connectivity index (χ0n) is 13.7. The van der Waals surface area contributed by atoms with Crippen molar-refractivity contribution in [1.29, 1.82) is 0 Å². The van der Waals surface area contributed by atoms with E-state index in [1.165, 1.54) is 0 Å². The van der Waals surface area contributed by atoms with E-state index in [9.17, 15) is 5.11 Å². The molecule has 0 aromatic heterocycles. The van der Waals surface area contributed by atoms with Crippen LogP contribution in [0.1, 0.15) is 66.2 Å². The van der Waals surface area contributed by atoms with Crippen molar-refractivity contribution >= 4 is 0 Å². The molecule has 0 radical (unpaired) electrons. The van der Waals surface area contributed by atoms with Crippen molar-refractivity contribution in [2.45, 2.75) is 78.1 Å². The molecule has 20 heavy (non-hydrogen) atoms. The maximum atomic E-state index is 10.5. The lowest BCUT2D eigenvalue weighted by molar-refractivity contribution is -0.123. The Bertz CT molecular complexity index is 287. The molecule has 0 spiro atoms. The molecule has 3 nitrogen and oxygen atoms in total. The first-order chi connectivity index (χ1) is 9.37. The van der Waals surface area contributed by atoms with Gasteiger partial charge in [0.1, 0.15) is 0 Å². The third-order valence-electron chi connectivity index (χ3n) is 4.18. The van der Waals surface area contributed by atoms with Gasteiger partial charge in [0.2, 0.25) is 0 Å². The summed E-state index contributed by atoms with van der Waals surface area (Å²) in [6, 6.07) is 0. The summed E-state index contributed by atoms with van der Waals surface area (Å²) in [5.74, 6) is 0. The highest BCUT2D eigenvalue weighted by Gasteiger charge is 2.34. The normalized spacial score (nSPS) is 23.1. The zero-order valence-corrected chi connectivity index (χ0v) is 13.7. The molecule has 0 heterocycles. The van der Waals surface area contributed by atoms with E-state index in [2.05, 4.69) is 20.8 Å². The minimum Gasteiger partial charge on any atom is -0.386 e. The summed E-state index contributed by atoms with van der Waals surface area (Å²) in [5.41, 5.74) is -0.261. The summed E-state index contributed by atoms with van der Waals surface area (Å²) >= 11 is 0. The van der Waals surface area contributed by atoms with Gasteiger partial charge in [0.15, 0.2) is 6.29 Å². The Balaban J connectivity index is 2.20. The fraction of sp³-hybridized carbons (Fsp3) is 0.882. The Labute approximate surface area is 124 Å². The van der Waals surface area contributed by atoms with Crippen LogP contribution in [0.4, 0.5) is 0 Å². The lowest BCUT2D eigenvalue weighted by atomic mass is 9.71. The van der Waals surface area contributed by atoms with Gasteiger partial charge >= 0.3 is 0 Å². The number of hydrogen-bond acceptors (Lipinski definition) is 3.